The van der Waals surface area contributed by atoms with Crippen molar-refractivity contribution >= 4 is 30.7 Å². The Morgan fingerprint density at radius 3 is 2.00 bits per heavy atom. The molecule has 0 aromatic heterocycles. The Balaban J connectivity index is -0.0000000733. The zero-order valence-electron chi connectivity index (χ0n) is 8.95. The maximum atomic E-state index is 10.3. The lowest BCUT2D eigenvalue weighted by atomic mass is 10.5. The third-order valence-electron chi connectivity index (χ3n) is 0.629. The lowest BCUT2D eigenvalue weighted by Crippen LogP contribution is -2.27. The van der Waals surface area contributed by atoms with Crippen molar-refractivity contribution in [3.05, 3.63) is 12.7 Å². The Bertz CT molecular complexity index is 129. The monoisotopic (exact) mass is 245 g/mol. The van der Waals surface area contributed by atoms with Crippen LogP contribution < -0.4 is 11.1 Å². The molecule has 4 nitrogen and oxygen atoms in total. The van der Waals surface area contributed by atoms with Crippen molar-refractivity contribution in [1.29, 1.82) is 0 Å². The van der Waals surface area contributed by atoms with Gasteiger partial charge in [-0.1, -0.05) is 6.58 Å². The second-order valence-electron chi connectivity index (χ2n) is 2.63. The van der Waals surface area contributed by atoms with Crippen LogP contribution in [-0.4, -0.2) is 45.0 Å². The number of amides is 1. The molecule has 0 rings (SSSR count). The van der Waals surface area contributed by atoms with Gasteiger partial charge in [-0.3, -0.25) is 4.79 Å². The highest BCUT2D eigenvalue weighted by atomic mass is 35.5. The summed E-state index contributed by atoms with van der Waals surface area (Å²) >= 11 is 0. The van der Waals surface area contributed by atoms with Crippen LogP contribution in [0.4, 0.5) is 0 Å². The second kappa shape index (κ2) is 18.5. The molecule has 0 fully saturated rings. The largest absolute Gasteiger partial charge is 0.351 e. The lowest BCUT2D eigenvalue weighted by Gasteiger charge is -1.94. The zero-order valence-corrected chi connectivity index (χ0v) is 10.6. The van der Waals surface area contributed by atoms with Crippen molar-refractivity contribution in [2.45, 2.75) is 0 Å². The molecule has 0 aliphatic rings. The van der Waals surface area contributed by atoms with Gasteiger partial charge in [0.25, 0.3) is 0 Å². The minimum Gasteiger partial charge on any atom is -0.351 e. The van der Waals surface area contributed by atoms with E-state index in [0.29, 0.717) is 13.1 Å². The summed E-state index contributed by atoms with van der Waals surface area (Å²) < 4.78 is 0. The van der Waals surface area contributed by atoms with E-state index in [9.17, 15) is 4.79 Å². The molecule has 0 spiro atoms. The van der Waals surface area contributed by atoms with Gasteiger partial charge in [0.15, 0.2) is 0 Å². The van der Waals surface area contributed by atoms with Gasteiger partial charge in [-0.2, -0.15) is 0 Å². The van der Waals surface area contributed by atoms with Crippen LogP contribution in [0.2, 0.25) is 0 Å². The minimum absolute atomic E-state index is 0. The van der Waals surface area contributed by atoms with Crippen LogP contribution in [0.3, 0.4) is 0 Å². The number of carbonyl (C=O) groups is 1. The first-order valence-electron chi connectivity index (χ1n) is 3.75. The molecule has 0 radical (unpaired) electrons. The molecule has 0 aromatic carbocycles. The molecular formula is C8H21Cl2N3O. The average molecular weight is 246 g/mol. The van der Waals surface area contributed by atoms with Crippen LogP contribution in [0.5, 0.6) is 0 Å². The summed E-state index contributed by atoms with van der Waals surface area (Å²) in [7, 11) is 6.00. The van der Waals surface area contributed by atoms with Crippen LogP contribution in [0.15, 0.2) is 12.7 Å². The quantitative estimate of drug-likeness (QED) is 0.703. The number of hydrogen-bond donors (Lipinski definition) is 2. The van der Waals surface area contributed by atoms with E-state index in [1.807, 2.05) is 26.0 Å². The highest BCUT2D eigenvalue weighted by molar-refractivity contribution is 5.86. The molecule has 0 aliphatic heterocycles. The number of carbonyl (C=O) groups excluding carboxylic acids is 1. The van der Waals surface area contributed by atoms with Crippen molar-refractivity contribution in [2.24, 2.45) is 5.73 Å². The van der Waals surface area contributed by atoms with Crippen LogP contribution >= 0.6 is 24.8 Å². The first kappa shape index (κ1) is 23.5. The van der Waals surface area contributed by atoms with E-state index < -0.39 is 0 Å². The van der Waals surface area contributed by atoms with Crippen LogP contribution in [0, 0.1) is 0 Å². The molecule has 0 unspecified atom stereocenters. The summed E-state index contributed by atoms with van der Waals surface area (Å²) in [4.78, 5) is 12.3. The van der Waals surface area contributed by atoms with Crippen molar-refractivity contribution in [3.8, 4) is 0 Å². The molecule has 0 bridgehead atoms. The fourth-order valence-corrected chi connectivity index (χ4v) is 0.268. The zero-order chi connectivity index (χ0) is 9.98. The number of nitrogens with two attached hydrogens (primary N) is 1. The first-order valence-corrected chi connectivity index (χ1v) is 3.75. The van der Waals surface area contributed by atoms with Crippen molar-refractivity contribution < 1.29 is 4.79 Å². The van der Waals surface area contributed by atoms with Crippen LogP contribution in [0.25, 0.3) is 0 Å². The van der Waals surface area contributed by atoms with Gasteiger partial charge in [-0.05, 0) is 27.2 Å². The number of rotatable bonds is 3. The summed E-state index contributed by atoms with van der Waals surface area (Å²) in [6, 6.07) is 0. The van der Waals surface area contributed by atoms with Crippen LogP contribution in [-0.2, 0) is 4.79 Å². The molecule has 6 heteroatoms. The second-order valence-corrected chi connectivity index (χ2v) is 2.63. The standard InChI is InChI=1S/C5H10N2O.C3H9N.2ClH/c1-2-5(8)7-4-3-6;1-4(2)3;;/h2H,1,3-4,6H2,(H,7,8);1-3H3;2*1H. The number of hydrogen-bond acceptors (Lipinski definition) is 3. The summed E-state index contributed by atoms with van der Waals surface area (Å²) in [6.45, 7) is 4.25. The molecule has 0 atom stereocenters. The van der Waals surface area contributed by atoms with E-state index in [1.54, 1.807) is 0 Å². The Morgan fingerprint density at radius 1 is 1.43 bits per heavy atom. The summed E-state index contributed by atoms with van der Waals surface area (Å²) in [5.74, 6) is -0.171. The van der Waals surface area contributed by atoms with Crippen LogP contribution in [0.1, 0.15) is 0 Å². The molecule has 0 aromatic rings. The molecule has 0 heterocycles. The molecule has 0 saturated carbocycles. The highest BCUT2D eigenvalue weighted by Crippen LogP contribution is 1.61. The number of nitrogens with zero attached hydrogens (tertiary/aromatic N) is 1. The Hall–Kier alpha value is -0.290. The van der Waals surface area contributed by atoms with E-state index in [2.05, 4.69) is 11.9 Å². The Kier molecular flexibility index (Phi) is 31.0. The molecule has 88 valence electrons. The van der Waals surface area contributed by atoms with Gasteiger partial charge < -0.3 is 16.0 Å². The van der Waals surface area contributed by atoms with Gasteiger partial charge in [0.1, 0.15) is 0 Å². The van der Waals surface area contributed by atoms with Crippen molar-refractivity contribution in [3.63, 3.8) is 0 Å². The summed E-state index contributed by atoms with van der Waals surface area (Å²) in [5.41, 5.74) is 5.08. The maximum Gasteiger partial charge on any atom is 0.243 e. The topological polar surface area (TPSA) is 58.4 Å². The molecule has 0 saturated heterocycles. The van der Waals surface area contributed by atoms with Crippen molar-refractivity contribution in [1.82, 2.24) is 10.2 Å². The van der Waals surface area contributed by atoms with Gasteiger partial charge in [-0.15, -0.1) is 24.8 Å². The molecular weight excluding hydrogens is 225 g/mol. The predicted molar refractivity (Wildman–Crippen MR) is 66.4 cm³/mol. The Morgan fingerprint density at radius 2 is 1.79 bits per heavy atom. The fraction of sp³-hybridized carbons (Fsp3) is 0.625. The summed E-state index contributed by atoms with van der Waals surface area (Å²) in [5, 5.41) is 2.50. The SMILES string of the molecule is C=CC(=O)NCCN.CN(C)C.Cl.Cl. The lowest BCUT2D eigenvalue weighted by molar-refractivity contribution is -0.116. The minimum atomic E-state index is -0.171. The smallest absolute Gasteiger partial charge is 0.243 e. The van der Waals surface area contributed by atoms with Gasteiger partial charge in [0.2, 0.25) is 5.91 Å². The number of nitrogens with one attached hydrogen (secondary N) is 1. The normalized spacial score (nSPS) is 7.21. The van der Waals surface area contributed by atoms with E-state index in [0.717, 1.165) is 0 Å². The fourth-order valence-electron chi connectivity index (χ4n) is 0.268. The molecule has 14 heavy (non-hydrogen) atoms. The van der Waals surface area contributed by atoms with Gasteiger partial charge >= 0.3 is 0 Å². The molecule has 1 amide bonds. The van der Waals surface area contributed by atoms with Gasteiger partial charge in [0, 0.05) is 13.1 Å². The maximum absolute atomic E-state index is 10.3. The first-order chi connectivity index (χ1) is 5.54. The predicted octanol–water partition coefficient (Wildman–Crippen LogP) is 0.269. The van der Waals surface area contributed by atoms with E-state index in [1.165, 1.54) is 6.08 Å². The third-order valence-corrected chi connectivity index (χ3v) is 0.629. The summed E-state index contributed by atoms with van der Waals surface area (Å²) in [6.07, 6.45) is 1.22. The molecule has 0 aliphatic carbocycles. The third kappa shape index (κ3) is 41.2. The van der Waals surface area contributed by atoms with Gasteiger partial charge in [-0.25, -0.2) is 0 Å². The van der Waals surface area contributed by atoms with Gasteiger partial charge in [0.05, 0.1) is 0 Å². The molecule has 3 N–H and O–H groups in total. The average Bonchev–Trinajstić information content (AvgIpc) is 1.99. The van der Waals surface area contributed by atoms with Crippen molar-refractivity contribution in [2.75, 3.05) is 34.2 Å². The van der Waals surface area contributed by atoms with E-state index >= 15 is 0 Å². The number of halogens is 2. The van der Waals surface area contributed by atoms with E-state index in [-0.39, 0.29) is 30.7 Å². The Labute approximate surface area is 98.7 Å². The van der Waals surface area contributed by atoms with E-state index in [4.69, 9.17) is 5.73 Å². The highest BCUT2D eigenvalue weighted by Gasteiger charge is 1.86.